The number of aliphatic hydroxyl groups is 1. The Balaban J connectivity index is 2.46. The summed E-state index contributed by atoms with van der Waals surface area (Å²) in [5.41, 5.74) is 1.47. The van der Waals surface area contributed by atoms with E-state index in [4.69, 9.17) is 9.52 Å². The van der Waals surface area contributed by atoms with Crippen molar-refractivity contribution in [2.45, 2.75) is 6.92 Å². The Labute approximate surface area is 120 Å². The van der Waals surface area contributed by atoms with E-state index in [0.717, 1.165) is 16.5 Å². The minimum absolute atomic E-state index is 0.0393. The van der Waals surface area contributed by atoms with Crippen LogP contribution < -0.4 is 5.63 Å². The van der Waals surface area contributed by atoms with E-state index in [0.29, 0.717) is 16.4 Å². The van der Waals surface area contributed by atoms with Crippen LogP contribution in [0, 0.1) is 18.8 Å². The summed E-state index contributed by atoms with van der Waals surface area (Å²) in [6, 6.07) is 8.20. The molecule has 0 saturated carbocycles. The molecule has 4 nitrogen and oxygen atoms in total. The van der Waals surface area contributed by atoms with Crippen LogP contribution in [0.15, 0.2) is 39.5 Å². The minimum atomic E-state index is -0.451. The summed E-state index contributed by atoms with van der Waals surface area (Å²) in [5.74, 6) is 5.51. The van der Waals surface area contributed by atoms with Gasteiger partial charge in [-0.25, -0.2) is 4.79 Å². The fraction of sp³-hybridized carbons (Fsp3) is 0.118. The number of fused-ring (bicyclic) bond motifs is 3. The van der Waals surface area contributed by atoms with Crippen LogP contribution in [-0.4, -0.2) is 16.8 Å². The number of aromatic hydroxyl groups is 1. The van der Waals surface area contributed by atoms with Crippen molar-refractivity contribution in [1.29, 1.82) is 0 Å². The molecule has 0 amide bonds. The van der Waals surface area contributed by atoms with Crippen LogP contribution in [0.5, 0.6) is 5.75 Å². The Morgan fingerprint density at radius 3 is 2.71 bits per heavy atom. The molecule has 0 aliphatic carbocycles. The lowest BCUT2D eigenvalue weighted by Crippen LogP contribution is -2.01. The van der Waals surface area contributed by atoms with Crippen LogP contribution in [0.4, 0.5) is 0 Å². The largest absolute Gasteiger partial charge is 0.508 e. The van der Waals surface area contributed by atoms with Gasteiger partial charge in [0.1, 0.15) is 17.9 Å². The molecule has 104 valence electrons. The summed E-state index contributed by atoms with van der Waals surface area (Å²) in [4.78, 5) is 12.1. The molecular formula is C17H12O4. The summed E-state index contributed by atoms with van der Waals surface area (Å²) in [6.45, 7) is 1.63. The predicted molar refractivity (Wildman–Crippen MR) is 80.4 cm³/mol. The number of aryl methyl sites for hydroxylation is 1. The smallest absolute Gasteiger partial charge is 0.344 e. The number of hydrogen-bond donors (Lipinski definition) is 2. The minimum Gasteiger partial charge on any atom is -0.508 e. The van der Waals surface area contributed by atoms with Gasteiger partial charge in [-0.2, -0.15) is 0 Å². The lowest BCUT2D eigenvalue weighted by Gasteiger charge is -2.06. The van der Waals surface area contributed by atoms with E-state index >= 15 is 0 Å². The molecule has 1 aromatic heterocycles. The monoisotopic (exact) mass is 280 g/mol. The fourth-order valence-electron chi connectivity index (χ4n) is 2.34. The molecular weight excluding hydrogens is 268 g/mol. The van der Waals surface area contributed by atoms with E-state index in [1.165, 1.54) is 6.07 Å². The molecule has 0 aliphatic heterocycles. The maximum Gasteiger partial charge on any atom is 0.344 e. The molecule has 1 heterocycles. The third-order valence-electron chi connectivity index (χ3n) is 3.34. The standard InChI is InChI=1S/C17H12O4/c1-10-7-15-14(8-11(10)3-2-6-18)13-5-4-12(19)9-16(13)21-17(15)20/h4-5,7-9,18-19H,6H2,1H3. The van der Waals surface area contributed by atoms with E-state index < -0.39 is 5.63 Å². The van der Waals surface area contributed by atoms with Crippen molar-refractivity contribution in [2.24, 2.45) is 0 Å². The highest BCUT2D eigenvalue weighted by Crippen LogP contribution is 2.27. The average Bonchev–Trinajstić information content (AvgIpc) is 2.45. The topological polar surface area (TPSA) is 70.7 Å². The summed E-state index contributed by atoms with van der Waals surface area (Å²) in [5, 5.41) is 20.2. The van der Waals surface area contributed by atoms with Crippen LogP contribution in [0.25, 0.3) is 21.7 Å². The maximum atomic E-state index is 12.1. The summed E-state index contributed by atoms with van der Waals surface area (Å²) >= 11 is 0. The number of aliphatic hydroxyl groups excluding tert-OH is 1. The highest BCUT2D eigenvalue weighted by Gasteiger charge is 2.10. The van der Waals surface area contributed by atoms with Crippen LogP contribution in [0.3, 0.4) is 0 Å². The fourth-order valence-corrected chi connectivity index (χ4v) is 2.34. The van der Waals surface area contributed by atoms with E-state index in [1.54, 1.807) is 18.2 Å². The van der Waals surface area contributed by atoms with Gasteiger partial charge in [-0.3, -0.25) is 0 Å². The zero-order valence-corrected chi connectivity index (χ0v) is 11.3. The molecule has 0 spiro atoms. The Kier molecular flexibility index (Phi) is 3.13. The third kappa shape index (κ3) is 2.24. The summed E-state index contributed by atoms with van der Waals surface area (Å²) in [7, 11) is 0. The molecule has 0 atom stereocenters. The van der Waals surface area contributed by atoms with Gasteiger partial charge < -0.3 is 14.6 Å². The zero-order valence-electron chi connectivity index (χ0n) is 11.3. The van der Waals surface area contributed by atoms with Crippen molar-refractivity contribution in [1.82, 2.24) is 0 Å². The first-order valence-electron chi connectivity index (χ1n) is 6.40. The lowest BCUT2D eigenvalue weighted by atomic mass is 10.0. The molecule has 0 aliphatic rings. The average molecular weight is 280 g/mol. The van der Waals surface area contributed by atoms with E-state index in [9.17, 15) is 9.90 Å². The number of phenols is 1. The van der Waals surface area contributed by atoms with Crippen molar-refractivity contribution in [3.05, 3.63) is 51.9 Å². The molecule has 2 N–H and O–H groups in total. The van der Waals surface area contributed by atoms with Crippen molar-refractivity contribution in [3.8, 4) is 17.6 Å². The number of phenolic OH excluding ortho intramolecular Hbond substituents is 1. The third-order valence-corrected chi connectivity index (χ3v) is 3.34. The highest BCUT2D eigenvalue weighted by molar-refractivity contribution is 6.05. The van der Waals surface area contributed by atoms with Gasteiger partial charge in [0.2, 0.25) is 0 Å². The number of hydrogen-bond acceptors (Lipinski definition) is 4. The van der Waals surface area contributed by atoms with Gasteiger partial charge in [-0.15, -0.1) is 0 Å². The molecule has 0 bridgehead atoms. The predicted octanol–water partition coefficient (Wildman–Crippen LogP) is 2.30. The van der Waals surface area contributed by atoms with Crippen LogP contribution in [-0.2, 0) is 0 Å². The molecule has 0 fully saturated rings. The van der Waals surface area contributed by atoms with Crippen molar-refractivity contribution in [2.75, 3.05) is 6.61 Å². The molecule has 3 aromatic rings. The molecule has 0 saturated heterocycles. The van der Waals surface area contributed by atoms with Crippen molar-refractivity contribution < 1.29 is 14.6 Å². The summed E-state index contributed by atoms with van der Waals surface area (Å²) in [6.07, 6.45) is 0. The number of benzene rings is 2. The van der Waals surface area contributed by atoms with Crippen LogP contribution in [0.2, 0.25) is 0 Å². The van der Waals surface area contributed by atoms with Crippen molar-refractivity contribution in [3.63, 3.8) is 0 Å². The Morgan fingerprint density at radius 1 is 1.14 bits per heavy atom. The number of rotatable bonds is 0. The molecule has 21 heavy (non-hydrogen) atoms. The van der Waals surface area contributed by atoms with Gasteiger partial charge in [0.25, 0.3) is 0 Å². The van der Waals surface area contributed by atoms with Gasteiger partial charge in [0.05, 0.1) is 5.39 Å². The van der Waals surface area contributed by atoms with Gasteiger partial charge >= 0.3 is 5.63 Å². The first kappa shape index (κ1) is 13.2. The van der Waals surface area contributed by atoms with Gasteiger partial charge in [0, 0.05) is 22.4 Å². The zero-order chi connectivity index (χ0) is 15.0. The normalized spacial score (nSPS) is 10.6. The molecule has 0 unspecified atom stereocenters. The second-order valence-corrected chi connectivity index (χ2v) is 4.74. The van der Waals surface area contributed by atoms with Gasteiger partial charge in [-0.1, -0.05) is 11.8 Å². The molecule has 3 rings (SSSR count). The molecule has 0 radical (unpaired) electrons. The van der Waals surface area contributed by atoms with Crippen LogP contribution in [0.1, 0.15) is 11.1 Å². The van der Waals surface area contributed by atoms with Crippen molar-refractivity contribution >= 4 is 21.7 Å². The van der Waals surface area contributed by atoms with E-state index in [2.05, 4.69) is 11.8 Å². The first-order valence-corrected chi connectivity index (χ1v) is 6.40. The first-order chi connectivity index (χ1) is 10.1. The summed E-state index contributed by atoms with van der Waals surface area (Å²) < 4.78 is 5.24. The SMILES string of the molecule is Cc1cc2c(=O)oc3cc(O)ccc3c2cc1C#CCO. The Morgan fingerprint density at radius 2 is 1.95 bits per heavy atom. The van der Waals surface area contributed by atoms with Crippen LogP contribution >= 0.6 is 0 Å². The highest BCUT2D eigenvalue weighted by atomic mass is 16.4. The second-order valence-electron chi connectivity index (χ2n) is 4.74. The molecule has 4 heteroatoms. The van der Waals surface area contributed by atoms with Gasteiger partial charge in [0.15, 0.2) is 0 Å². The molecule has 2 aromatic carbocycles. The quantitative estimate of drug-likeness (QED) is 0.376. The maximum absolute atomic E-state index is 12.1. The van der Waals surface area contributed by atoms with E-state index in [-0.39, 0.29) is 12.4 Å². The Hall–Kier alpha value is -2.77. The van der Waals surface area contributed by atoms with Gasteiger partial charge in [-0.05, 0) is 36.8 Å². The Bertz CT molecular complexity index is 971. The van der Waals surface area contributed by atoms with E-state index in [1.807, 2.05) is 13.0 Å². The lowest BCUT2D eigenvalue weighted by molar-refractivity contribution is 0.350. The second kappa shape index (κ2) is 4.97.